The number of hydrogen-bond donors (Lipinski definition) is 2. The first-order valence-electron chi connectivity index (χ1n) is 9.77. The number of pyridine rings is 1. The normalized spacial score (nSPS) is 10.6. The molecule has 1 amide bonds. The van der Waals surface area contributed by atoms with Gasteiger partial charge in [-0.1, -0.05) is 30.3 Å². The van der Waals surface area contributed by atoms with Crippen molar-refractivity contribution in [2.24, 2.45) is 0 Å². The van der Waals surface area contributed by atoms with E-state index in [-0.39, 0.29) is 5.56 Å². The van der Waals surface area contributed by atoms with Gasteiger partial charge >= 0.3 is 5.97 Å². The molecule has 0 atom stereocenters. The lowest BCUT2D eigenvalue weighted by Crippen LogP contribution is -2.16. The van der Waals surface area contributed by atoms with Crippen molar-refractivity contribution < 1.29 is 24.2 Å². The lowest BCUT2D eigenvalue weighted by atomic mass is 9.97. The zero-order chi connectivity index (χ0) is 22.7. The maximum atomic E-state index is 13.4. The van der Waals surface area contributed by atoms with E-state index < -0.39 is 11.9 Å². The molecule has 2 N–H and O–H groups in total. The number of hydrogen-bond acceptors (Lipinski definition) is 5. The Balaban J connectivity index is 1.75. The van der Waals surface area contributed by atoms with Gasteiger partial charge in [0.25, 0.3) is 5.91 Å². The third kappa shape index (κ3) is 3.96. The number of nitrogens with zero attached hydrogens (tertiary/aromatic N) is 1. The molecule has 1 heterocycles. The Hall–Kier alpha value is -4.39. The number of nitrogens with one attached hydrogen (secondary N) is 1. The lowest BCUT2D eigenvalue weighted by molar-refractivity contribution is 0.0697. The van der Waals surface area contributed by atoms with Crippen LogP contribution in [0.2, 0.25) is 0 Å². The standard InChI is InChI=1S/C25H20N2O5/c1-31-20-12-10-18(15-6-4-3-5-7-15)22(23(20)32-2)24(28)27-21-13-9-16-14-17(25(29)30)8-11-19(16)26-21/h3-14H,1-2H3,(H,29,30)(H,26,27,28). The van der Waals surface area contributed by atoms with E-state index in [4.69, 9.17) is 14.6 Å². The molecule has 0 spiro atoms. The van der Waals surface area contributed by atoms with E-state index in [2.05, 4.69) is 10.3 Å². The van der Waals surface area contributed by atoms with Gasteiger partial charge in [-0.15, -0.1) is 0 Å². The van der Waals surface area contributed by atoms with Crippen molar-refractivity contribution in [2.45, 2.75) is 0 Å². The van der Waals surface area contributed by atoms with Crippen LogP contribution in [0.5, 0.6) is 11.5 Å². The molecule has 0 saturated carbocycles. The number of aromatic carboxylic acids is 1. The van der Waals surface area contributed by atoms with Gasteiger partial charge in [-0.05, 0) is 53.6 Å². The van der Waals surface area contributed by atoms with E-state index in [9.17, 15) is 9.59 Å². The number of amides is 1. The Morgan fingerprint density at radius 2 is 1.69 bits per heavy atom. The molecule has 160 valence electrons. The minimum atomic E-state index is -1.01. The van der Waals surface area contributed by atoms with Crippen LogP contribution < -0.4 is 14.8 Å². The molecule has 3 aromatic carbocycles. The van der Waals surface area contributed by atoms with Crippen molar-refractivity contribution in [3.05, 3.63) is 83.9 Å². The Morgan fingerprint density at radius 1 is 0.906 bits per heavy atom. The molecule has 32 heavy (non-hydrogen) atoms. The summed E-state index contributed by atoms with van der Waals surface area (Å²) in [7, 11) is 3.00. The summed E-state index contributed by atoms with van der Waals surface area (Å²) in [5.41, 5.74) is 2.60. The van der Waals surface area contributed by atoms with Crippen molar-refractivity contribution in [2.75, 3.05) is 19.5 Å². The summed E-state index contributed by atoms with van der Waals surface area (Å²) in [6, 6.07) is 21.0. The summed E-state index contributed by atoms with van der Waals surface area (Å²) in [5, 5.41) is 12.6. The predicted molar refractivity (Wildman–Crippen MR) is 122 cm³/mol. The van der Waals surface area contributed by atoms with Crippen LogP contribution in [0.1, 0.15) is 20.7 Å². The largest absolute Gasteiger partial charge is 0.493 e. The van der Waals surface area contributed by atoms with E-state index in [1.165, 1.54) is 26.4 Å². The summed E-state index contributed by atoms with van der Waals surface area (Å²) in [6.45, 7) is 0. The van der Waals surface area contributed by atoms with Gasteiger partial charge in [0.1, 0.15) is 5.82 Å². The predicted octanol–water partition coefficient (Wildman–Crippen LogP) is 4.87. The van der Waals surface area contributed by atoms with Crippen LogP contribution in [0.3, 0.4) is 0 Å². The third-order valence-electron chi connectivity index (χ3n) is 5.04. The van der Waals surface area contributed by atoms with Crippen LogP contribution in [-0.4, -0.2) is 36.2 Å². The zero-order valence-electron chi connectivity index (χ0n) is 17.5. The van der Waals surface area contributed by atoms with Gasteiger partial charge in [0.2, 0.25) is 0 Å². The highest BCUT2D eigenvalue weighted by atomic mass is 16.5. The number of rotatable bonds is 6. The van der Waals surface area contributed by atoms with E-state index in [1.54, 1.807) is 24.3 Å². The summed E-state index contributed by atoms with van der Waals surface area (Å²) < 4.78 is 10.9. The number of carbonyl (C=O) groups is 2. The van der Waals surface area contributed by atoms with Gasteiger partial charge in [0, 0.05) is 5.39 Å². The Kier molecular flexibility index (Phi) is 5.72. The Morgan fingerprint density at radius 3 is 2.38 bits per heavy atom. The molecule has 0 aliphatic carbocycles. The first-order valence-corrected chi connectivity index (χ1v) is 9.77. The number of ether oxygens (including phenoxy) is 2. The molecule has 7 heteroatoms. The molecule has 0 bridgehead atoms. The summed E-state index contributed by atoms with van der Waals surface area (Å²) in [6.07, 6.45) is 0. The van der Waals surface area contributed by atoms with Gasteiger partial charge < -0.3 is 19.9 Å². The number of aromatic nitrogens is 1. The minimum Gasteiger partial charge on any atom is -0.493 e. The van der Waals surface area contributed by atoms with Crippen molar-refractivity contribution in [3.8, 4) is 22.6 Å². The maximum absolute atomic E-state index is 13.4. The van der Waals surface area contributed by atoms with Crippen molar-refractivity contribution in [1.29, 1.82) is 0 Å². The topological polar surface area (TPSA) is 97.8 Å². The van der Waals surface area contributed by atoms with Gasteiger partial charge in [0.15, 0.2) is 11.5 Å². The molecule has 4 aromatic rings. The lowest BCUT2D eigenvalue weighted by Gasteiger charge is -2.17. The second kappa shape index (κ2) is 8.77. The summed E-state index contributed by atoms with van der Waals surface area (Å²) >= 11 is 0. The highest BCUT2D eigenvalue weighted by Crippen LogP contribution is 2.38. The van der Waals surface area contributed by atoms with Crippen LogP contribution in [-0.2, 0) is 0 Å². The number of benzene rings is 3. The van der Waals surface area contributed by atoms with Gasteiger partial charge in [-0.3, -0.25) is 4.79 Å². The second-order valence-electron chi connectivity index (χ2n) is 6.95. The van der Waals surface area contributed by atoms with Crippen molar-refractivity contribution >= 4 is 28.6 Å². The number of carboxylic acid groups (broad SMARTS) is 1. The van der Waals surface area contributed by atoms with Crippen molar-refractivity contribution in [1.82, 2.24) is 4.98 Å². The molecular formula is C25H20N2O5. The number of anilines is 1. The quantitative estimate of drug-likeness (QED) is 0.455. The fourth-order valence-electron chi connectivity index (χ4n) is 3.52. The summed E-state index contributed by atoms with van der Waals surface area (Å²) in [4.78, 5) is 29.0. The van der Waals surface area contributed by atoms with Gasteiger partial charge in [-0.2, -0.15) is 0 Å². The Labute approximate surface area is 184 Å². The number of methoxy groups -OCH3 is 2. The van der Waals surface area contributed by atoms with Crippen LogP contribution in [0.4, 0.5) is 5.82 Å². The smallest absolute Gasteiger partial charge is 0.335 e. The van der Waals surface area contributed by atoms with E-state index in [0.29, 0.717) is 39.3 Å². The van der Waals surface area contributed by atoms with Crippen LogP contribution in [0.15, 0.2) is 72.8 Å². The molecule has 0 fully saturated rings. The minimum absolute atomic E-state index is 0.171. The monoisotopic (exact) mass is 428 g/mol. The Bertz CT molecular complexity index is 1320. The van der Waals surface area contributed by atoms with Crippen LogP contribution in [0.25, 0.3) is 22.0 Å². The van der Waals surface area contributed by atoms with Crippen LogP contribution >= 0.6 is 0 Å². The molecule has 0 aliphatic heterocycles. The number of carbonyl (C=O) groups excluding carboxylic acids is 1. The molecule has 0 radical (unpaired) electrons. The zero-order valence-corrected chi connectivity index (χ0v) is 17.5. The molecule has 7 nitrogen and oxygen atoms in total. The highest BCUT2D eigenvalue weighted by Gasteiger charge is 2.23. The third-order valence-corrected chi connectivity index (χ3v) is 5.04. The summed E-state index contributed by atoms with van der Waals surface area (Å²) in [5.74, 6) is -0.339. The van der Waals surface area contributed by atoms with E-state index >= 15 is 0 Å². The number of carboxylic acids is 1. The van der Waals surface area contributed by atoms with E-state index in [0.717, 1.165) is 5.56 Å². The molecular weight excluding hydrogens is 408 g/mol. The SMILES string of the molecule is COc1ccc(-c2ccccc2)c(C(=O)Nc2ccc3cc(C(=O)O)ccc3n2)c1OC. The van der Waals surface area contributed by atoms with E-state index in [1.807, 2.05) is 36.4 Å². The fraction of sp³-hybridized carbons (Fsp3) is 0.0800. The van der Waals surface area contributed by atoms with Crippen molar-refractivity contribution in [3.63, 3.8) is 0 Å². The molecule has 4 rings (SSSR count). The second-order valence-corrected chi connectivity index (χ2v) is 6.95. The number of fused-ring (bicyclic) bond motifs is 1. The fourth-order valence-corrected chi connectivity index (χ4v) is 3.52. The first-order chi connectivity index (χ1) is 15.5. The first kappa shape index (κ1) is 20.9. The molecule has 0 saturated heterocycles. The highest BCUT2D eigenvalue weighted by molar-refractivity contribution is 6.11. The molecule has 1 aromatic heterocycles. The average Bonchev–Trinajstić information content (AvgIpc) is 2.83. The van der Waals surface area contributed by atoms with Gasteiger partial charge in [-0.25, -0.2) is 9.78 Å². The van der Waals surface area contributed by atoms with Gasteiger partial charge in [0.05, 0.1) is 30.9 Å². The molecule has 0 unspecified atom stereocenters. The maximum Gasteiger partial charge on any atom is 0.335 e. The molecule has 0 aliphatic rings. The average molecular weight is 428 g/mol. The van der Waals surface area contributed by atoms with Crippen LogP contribution in [0, 0.1) is 0 Å².